The van der Waals surface area contributed by atoms with Gasteiger partial charge in [-0.2, -0.15) is 0 Å². The molecule has 0 saturated carbocycles. The highest BCUT2D eigenvalue weighted by atomic mass is 79.9. The quantitative estimate of drug-likeness (QED) is 0.679. The van der Waals surface area contributed by atoms with E-state index in [0.29, 0.717) is 5.75 Å². The van der Waals surface area contributed by atoms with Crippen LogP contribution in [0.1, 0.15) is 11.1 Å². The molecule has 0 aromatic heterocycles. The van der Waals surface area contributed by atoms with Crippen LogP contribution >= 0.6 is 15.9 Å². The van der Waals surface area contributed by atoms with Crippen LogP contribution in [0.15, 0.2) is 16.6 Å². The van der Waals surface area contributed by atoms with Crippen molar-refractivity contribution >= 4 is 15.9 Å². The van der Waals surface area contributed by atoms with Gasteiger partial charge in [0.2, 0.25) is 0 Å². The van der Waals surface area contributed by atoms with Gasteiger partial charge in [0.25, 0.3) is 0 Å². The van der Waals surface area contributed by atoms with Gasteiger partial charge < -0.3 is 5.11 Å². The van der Waals surface area contributed by atoms with Gasteiger partial charge in [-0.3, -0.25) is 0 Å². The normalized spacial score (nSPS) is 14.1. The highest BCUT2D eigenvalue weighted by Crippen LogP contribution is 2.32. The molecule has 2 heteroatoms. The molecule has 1 aromatic carbocycles. The van der Waals surface area contributed by atoms with Crippen molar-refractivity contribution in [3.63, 3.8) is 0 Å². The fourth-order valence-corrected chi connectivity index (χ4v) is 1.60. The molecule has 10 heavy (non-hydrogen) atoms. The number of hydrogen-bond donors (Lipinski definition) is 1. The maximum Gasteiger partial charge on any atom is 0.130 e. The number of rotatable bonds is 0. The number of phenolic OH excluding ortho intramolecular Hbond substituents is 1. The van der Waals surface area contributed by atoms with Crippen molar-refractivity contribution in [3.05, 3.63) is 27.7 Å². The molecule has 0 saturated heterocycles. The molecule has 1 nitrogen and oxygen atoms in total. The average molecular weight is 199 g/mol. The zero-order valence-electron chi connectivity index (χ0n) is 5.39. The molecule has 0 spiro atoms. The number of aryl methyl sites for hydroxylation is 2. The fourth-order valence-electron chi connectivity index (χ4n) is 1.20. The molecule has 0 fully saturated rings. The van der Waals surface area contributed by atoms with E-state index in [2.05, 4.69) is 15.9 Å². The average Bonchev–Trinajstić information content (AvgIpc) is 1.89. The summed E-state index contributed by atoms with van der Waals surface area (Å²) in [4.78, 5) is 0. The van der Waals surface area contributed by atoms with E-state index in [1.165, 1.54) is 11.1 Å². The molecule has 0 amide bonds. The maximum atomic E-state index is 9.21. The second kappa shape index (κ2) is 1.99. The Labute approximate surface area is 67.8 Å². The van der Waals surface area contributed by atoms with Crippen LogP contribution in [-0.2, 0) is 12.8 Å². The lowest BCUT2D eigenvalue weighted by molar-refractivity contribution is 0.469. The molecular formula is C8H7BrO. The lowest BCUT2D eigenvalue weighted by Crippen LogP contribution is -2.07. The Morgan fingerprint density at radius 1 is 1.20 bits per heavy atom. The van der Waals surface area contributed by atoms with Crippen LogP contribution in [-0.4, -0.2) is 5.11 Å². The summed E-state index contributed by atoms with van der Waals surface area (Å²) >= 11 is 3.26. The Morgan fingerprint density at radius 3 is 2.30 bits per heavy atom. The molecule has 0 unspecified atom stereocenters. The van der Waals surface area contributed by atoms with Gasteiger partial charge in [0.15, 0.2) is 0 Å². The standard InChI is InChI=1S/C8H7BrO/c9-7-3-5-1-2-6(5)4-8(7)10/h3-4,10H,1-2H2. The van der Waals surface area contributed by atoms with Gasteiger partial charge in [-0.1, -0.05) is 0 Å². The monoisotopic (exact) mass is 198 g/mol. The molecule has 0 aliphatic heterocycles. The molecule has 0 bridgehead atoms. The predicted molar refractivity (Wildman–Crippen MR) is 43.2 cm³/mol. The van der Waals surface area contributed by atoms with Crippen LogP contribution in [0.2, 0.25) is 0 Å². The third kappa shape index (κ3) is 0.754. The van der Waals surface area contributed by atoms with E-state index in [1.807, 2.05) is 12.1 Å². The summed E-state index contributed by atoms with van der Waals surface area (Å²) in [6.45, 7) is 0. The Balaban J connectivity index is 2.60. The Kier molecular flexibility index (Phi) is 1.24. The first-order valence-electron chi connectivity index (χ1n) is 3.27. The first kappa shape index (κ1) is 6.23. The van der Waals surface area contributed by atoms with Gasteiger partial charge in [0, 0.05) is 0 Å². The Bertz CT molecular complexity index is 241. The van der Waals surface area contributed by atoms with E-state index in [0.717, 1.165) is 17.3 Å². The van der Waals surface area contributed by atoms with E-state index in [1.54, 1.807) is 0 Å². The van der Waals surface area contributed by atoms with Crippen LogP contribution < -0.4 is 0 Å². The molecule has 1 aromatic rings. The Morgan fingerprint density at radius 2 is 1.80 bits per heavy atom. The maximum absolute atomic E-state index is 9.21. The van der Waals surface area contributed by atoms with Crippen molar-refractivity contribution < 1.29 is 5.11 Å². The van der Waals surface area contributed by atoms with Crippen LogP contribution in [0.4, 0.5) is 0 Å². The number of benzene rings is 1. The highest BCUT2D eigenvalue weighted by Gasteiger charge is 2.14. The van der Waals surface area contributed by atoms with Crippen molar-refractivity contribution in [1.82, 2.24) is 0 Å². The van der Waals surface area contributed by atoms with Gasteiger partial charge in [0.1, 0.15) is 5.75 Å². The first-order chi connectivity index (χ1) is 4.77. The summed E-state index contributed by atoms with van der Waals surface area (Å²) < 4.78 is 0.811. The number of phenols is 1. The summed E-state index contributed by atoms with van der Waals surface area (Å²) in [6.07, 6.45) is 2.28. The number of halogens is 1. The van der Waals surface area contributed by atoms with E-state index in [-0.39, 0.29) is 0 Å². The number of fused-ring (bicyclic) bond motifs is 1. The second-order valence-corrected chi connectivity index (χ2v) is 3.43. The smallest absolute Gasteiger partial charge is 0.130 e. The van der Waals surface area contributed by atoms with Crippen LogP contribution in [0.25, 0.3) is 0 Å². The fraction of sp³-hybridized carbons (Fsp3) is 0.250. The third-order valence-electron chi connectivity index (χ3n) is 1.93. The van der Waals surface area contributed by atoms with Gasteiger partial charge in [-0.15, -0.1) is 0 Å². The van der Waals surface area contributed by atoms with E-state index in [4.69, 9.17) is 0 Å². The van der Waals surface area contributed by atoms with Crippen LogP contribution in [0.5, 0.6) is 5.75 Å². The molecule has 2 rings (SSSR count). The zero-order valence-corrected chi connectivity index (χ0v) is 6.98. The minimum Gasteiger partial charge on any atom is -0.507 e. The van der Waals surface area contributed by atoms with Crippen molar-refractivity contribution in [2.24, 2.45) is 0 Å². The lowest BCUT2D eigenvalue weighted by atomic mass is 9.89. The van der Waals surface area contributed by atoms with Gasteiger partial charge in [-0.25, -0.2) is 0 Å². The molecule has 1 aliphatic carbocycles. The minimum atomic E-state index is 0.360. The van der Waals surface area contributed by atoms with Gasteiger partial charge in [0.05, 0.1) is 4.47 Å². The van der Waals surface area contributed by atoms with Gasteiger partial charge >= 0.3 is 0 Å². The molecule has 0 heterocycles. The van der Waals surface area contributed by atoms with E-state index in [9.17, 15) is 5.11 Å². The zero-order chi connectivity index (χ0) is 7.14. The van der Waals surface area contributed by atoms with E-state index >= 15 is 0 Å². The van der Waals surface area contributed by atoms with Crippen molar-refractivity contribution in [2.45, 2.75) is 12.8 Å². The molecular weight excluding hydrogens is 192 g/mol. The molecule has 0 atom stereocenters. The second-order valence-electron chi connectivity index (χ2n) is 2.57. The summed E-state index contributed by atoms with van der Waals surface area (Å²) in [6, 6.07) is 3.83. The van der Waals surface area contributed by atoms with Crippen LogP contribution in [0, 0.1) is 0 Å². The largest absolute Gasteiger partial charge is 0.507 e. The lowest BCUT2D eigenvalue weighted by Gasteiger charge is -2.18. The minimum absolute atomic E-state index is 0.360. The predicted octanol–water partition coefficient (Wildman–Crippen LogP) is 2.25. The number of hydrogen-bond acceptors (Lipinski definition) is 1. The van der Waals surface area contributed by atoms with Crippen molar-refractivity contribution in [1.29, 1.82) is 0 Å². The third-order valence-corrected chi connectivity index (χ3v) is 2.57. The van der Waals surface area contributed by atoms with Crippen molar-refractivity contribution in [2.75, 3.05) is 0 Å². The topological polar surface area (TPSA) is 20.2 Å². The Hall–Kier alpha value is -0.500. The summed E-state index contributed by atoms with van der Waals surface area (Å²) in [5.41, 5.74) is 2.66. The highest BCUT2D eigenvalue weighted by molar-refractivity contribution is 9.10. The molecule has 52 valence electrons. The summed E-state index contributed by atoms with van der Waals surface area (Å²) in [5, 5.41) is 9.21. The van der Waals surface area contributed by atoms with Crippen LogP contribution in [0.3, 0.4) is 0 Å². The summed E-state index contributed by atoms with van der Waals surface area (Å²) in [7, 11) is 0. The van der Waals surface area contributed by atoms with Gasteiger partial charge in [-0.05, 0) is 52.0 Å². The summed E-state index contributed by atoms with van der Waals surface area (Å²) in [5.74, 6) is 0.360. The molecule has 1 aliphatic rings. The SMILES string of the molecule is Oc1cc2c(cc1Br)CC2. The van der Waals surface area contributed by atoms with Crippen molar-refractivity contribution in [3.8, 4) is 5.75 Å². The molecule has 0 radical (unpaired) electrons. The first-order valence-corrected chi connectivity index (χ1v) is 4.07. The molecule has 1 N–H and O–H groups in total. The number of aromatic hydroxyl groups is 1. The van der Waals surface area contributed by atoms with E-state index < -0.39 is 0 Å².